The summed E-state index contributed by atoms with van der Waals surface area (Å²) in [5, 5.41) is 0. The minimum absolute atomic E-state index is 0.0798. The molecule has 192 valence electrons. The molecule has 0 N–H and O–H groups in total. The van der Waals surface area contributed by atoms with Gasteiger partial charge in [-0.25, -0.2) is 8.42 Å². The van der Waals surface area contributed by atoms with Crippen molar-refractivity contribution in [3.8, 4) is 0 Å². The zero-order valence-corrected chi connectivity index (χ0v) is 22.6. The van der Waals surface area contributed by atoms with Crippen LogP contribution in [-0.4, -0.2) is 43.3 Å². The number of aromatic nitrogens is 1. The Morgan fingerprint density at radius 1 is 1.03 bits per heavy atom. The van der Waals surface area contributed by atoms with Gasteiger partial charge in [0.15, 0.2) is 4.80 Å². The predicted octanol–water partition coefficient (Wildman–Crippen LogP) is 4.05. The lowest BCUT2D eigenvalue weighted by Gasteiger charge is -2.17. The number of fused-ring (bicyclic) bond motifs is 1. The van der Waals surface area contributed by atoms with Crippen LogP contribution in [0.15, 0.2) is 76.6 Å². The summed E-state index contributed by atoms with van der Waals surface area (Å²) in [7, 11) is -0.925. The maximum Gasteiger partial charge on any atom is 0.325 e. The average Bonchev–Trinajstić information content (AvgIpc) is 3.20. The number of amides is 1. The number of hydrogen-bond donors (Lipinski definition) is 0. The Hall–Kier alpha value is -3.60. The lowest BCUT2D eigenvalue weighted by atomic mass is 10.1. The molecule has 0 unspecified atom stereocenters. The molecule has 1 amide bonds. The Balaban J connectivity index is 1.65. The van der Waals surface area contributed by atoms with E-state index in [-0.39, 0.29) is 23.5 Å². The first-order valence-electron chi connectivity index (χ1n) is 11.5. The summed E-state index contributed by atoms with van der Waals surface area (Å²) in [6.45, 7) is 4.06. The summed E-state index contributed by atoms with van der Waals surface area (Å²) in [5.41, 5.74) is 3.94. The summed E-state index contributed by atoms with van der Waals surface area (Å²) >= 11 is 1.31. The Labute approximate surface area is 219 Å². The van der Waals surface area contributed by atoms with Crippen molar-refractivity contribution < 1.29 is 22.7 Å². The van der Waals surface area contributed by atoms with Crippen LogP contribution in [0.25, 0.3) is 10.2 Å². The first-order chi connectivity index (χ1) is 17.6. The molecule has 10 heteroatoms. The van der Waals surface area contributed by atoms with Gasteiger partial charge in [0.05, 0.1) is 22.2 Å². The van der Waals surface area contributed by atoms with E-state index in [0.29, 0.717) is 4.80 Å². The monoisotopic (exact) mass is 537 g/mol. The highest BCUT2D eigenvalue weighted by Gasteiger charge is 2.21. The Kier molecular flexibility index (Phi) is 7.72. The van der Waals surface area contributed by atoms with E-state index in [9.17, 15) is 18.0 Å². The molecule has 8 nitrogen and oxygen atoms in total. The number of carbonyl (C=O) groups is 2. The summed E-state index contributed by atoms with van der Waals surface area (Å²) in [6.07, 6.45) is 0. The standard InChI is InChI=1S/C27H27N3O5S2/c1-18-14-19(2)25-23(15-18)36-27(30(25)17-24(31)35-4)28-26(32)21-10-12-22(13-11-21)37(33,34)29(3)16-20-8-6-5-7-9-20/h5-15H,16-17H2,1-4H3. The molecule has 4 rings (SSSR count). The number of ether oxygens (including phenoxy) is 1. The third kappa shape index (κ3) is 5.71. The molecular weight excluding hydrogens is 510 g/mol. The fourth-order valence-electron chi connectivity index (χ4n) is 4.04. The maximum atomic E-state index is 13.0. The summed E-state index contributed by atoms with van der Waals surface area (Å²) in [6, 6.07) is 19.0. The molecule has 0 fully saturated rings. The van der Waals surface area contributed by atoms with Crippen LogP contribution in [0.2, 0.25) is 0 Å². The van der Waals surface area contributed by atoms with Gasteiger partial charge >= 0.3 is 5.97 Å². The van der Waals surface area contributed by atoms with E-state index < -0.39 is 21.9 Å². The molecule has 0 saturated heterocycles. The lowest BCUT2D eigenvalue weighted by molar-refractivity contribution is -0.141. The van der Waals surface area contributed by atoms with Crippen LogP contribution in [0.4, 0.5) is 0 Å². The molecule has 0 aliphatic carbocycles. The van der Waals surface area contributed by atoms with Crippen molar-refractivity contribution in [2.75, 3.05) is 14.2 Å². The number of thiazole rings is 1. The third-order valence-electron chi connectivity index (χ3n) is 5.88. The van der Waals surface area contributed by atoms with Crippen molar-refractivity contribution in [3.05, 3.63) is 93.8 Å². The van der Waals surface area contributed by atoms with Gasteiger partial charge in [-0.2, -0.15) is 9.30 Å². The fourth-order valence-corrected chi connectivity index (χ4v) is 6.41. The summed E-state index contributed by atoms with van der Waals surface area (Å²) < 4.78 is 34.7. The van der Waals surface area contributed by atoms with Crippen LogP contribution in [0.1, 0.15) is 27.0 Å². The Morgan fingerprint density at radius 3 is 2.35 bits per heavy atom. The SMILES string of the molecule is COC(=O)Cn1c(=NC(=O)c2ccc(S(=O)(=O)N(C)Cc3ccccc3)cc2)sc2cc(C)cc(C)c21. The topological polar surface area (TPSA) is 98.0 Å². The van der Waals surface area contributed by atoms with Crippen molar-refractivity contribution in [1.29, 1.82) is 0 Å². The number of rotatable bonds is 7. The van der Waals surface area contributed by atoms with Gasteiger partial charge in [-0.15, -0.1) is 0 Å². The van der Waals surface area contributed by atoms with Crippen LogP contribution in [0.5, 0.6) is 0 Å². The predicted molar refractivity (Wildman–Crippen MR) is 143 cm³/mol. The molecular formula is C27H27N3O5S2. The van der Waals surface area contributed by atoms with E-state index in [2.05, 4.69) is 4.99 Å². The molecule has 0 bridgehead atoms. The molecule has 0 atom stereocenters. The van der Waals surface area contributed by atoms with Gasteiger partial charge in [0.25, 0.3) is 5.91 Å². The van der Waals surface area contributed by atoms with Crippen LogP contribution in [-0.2, 0) is 32.6 Å². The first kappa shape index (κ1) is 26.5. The van der Waals surface area contributed by atoms with Crippen molar-refractivity contribution >= 4 is 43.5 Å². The highest BCUT2D eigenvalue weighted by Crippen LogP contribution is 2.24. The Morgan fingerprint density at radius 2 is 1.70 bits per heavy atom. The molecule has 0 aliphatic rings. The molecule has 1 aromatic heterocycles. The zero-order valence-electron chi connectivity index (χ0n) is 21.0. The third-order valence-corrected chi connectivity index (χ3v) is 8.72. The highest BCUT2D eigenvalue weighted by molar-refractivity contribution is 7.89. The van der Waals surface area contributed by atoms with Gasteiger partial charge in [-0.1, -0.05) is 47.7 Å². The molecule has 37 heavy (non-hydrogen) atoms. The molecule has 4 aromatic rings. The average molecular weight is 538 g/mol. The highest BCUT2D eigenvalue weighted by atomic mass is 32.2. The summed E-state index contributed by atoms with van der Waals surface area (Å²) in [4.78, 5) is 29.8. The van der Waals surface area contributed by atoms with Gasteiger partial charge in [0.2, 0.25) is 10.0 Å². The number of methoxy groups -OCH3 is 1. The number of benzene rings is 3. The second-order valence-electron chi connectivity index (χ2n) is 8.66. The largest absolute Gasteiger partial charge is 0.468 e. The van der Waals surface area contributed by atoms with E-state index in [4.69, 9.17) is 4.74 Å². The second-order valence-corrected chi connectivity index (χ2v) is 11.7. The maximum absolute atomic E-state index is 13.0. The van der Waals surface area contributed by atoms with E-state index in [1.54, 1.807) is 4.57 Å². The molecule has 0 saturated carbocycles. The van der Waals surface area contributed by atoms with Crippen LogP contribution >= 0.6 is 11.3 Å². The van der Waals surface area contributed by atoms with Gasteiger partial charge < -0.3 is 9.30 Å². The van der Waals surface area contributed by atoms with Crippen molar-refractivity contribution in [2.24, 2.45) is 4.99 Å². The van der Waals surface area contributed by atoms with Crippen molar-refractivity contribution in [2.45, 2.75) is 31.8 Å². The minimum Gasteiger partial charge on any atom is -0.468 e. The lowest BCUT2D eigenvalue weighted by Crippen LogP contribution is -2.26. The van der Waals surface area contributed by atoms with Crippen LogP contribution < -0.4 is 4.80 Å². The van der Waals surface area contributed by atoms with E-state index >= 15 is 0 Å². The number of aryl methyl sites for hydroxylation is 2. The second kappa shape index (κ2) is 10.8. The molecule has 3 aromatic carbocycles. The number of carbonyl (C=O) groups excluding carboxylic acids is 2. The van der Waals surface area contributed by atoms with Gasteiger partial charge in [0.1, 0.15) is 6.54 Å². The van der Waals surface area contributed by atoms with Crippen molar-refractivity contribution in [1.82, 2.24) is 8.87 Å². The number of esters is 1. The quantitative estimate of drug-likeness (QED) is 0.331. The molecule has 0 spiro atoms. The van der Waals surface area contributed by atoms with E-state index in [1.807, 2.05) is 56.3 Å². The van der Waals surface area contributed by atoms with Gasteiger partial charge in [0, 0.05) is 19.2 Å². The van der Waals surface area contributed by atoms with E-state index in [1.165, 1.54) is 54.1 Å². The fraction of sp³-hybridized carbons (Fsp3) is 0.222. The number of nitrogens with zero attached hydrogens (tertiary/aromatic N) is 3. The number of sulfonamides is 1. The van der Waals surface area contributed by atoms with Gasteiger partial charge in [-0.3, -0.25) is 9.59 Å². The smallest absolute Gasteiger partial charge is 0.325 e. The number of hydrogen-bond acceptors (Lipinski definition) is 6. The van der Waals surface area contributed by atoms with Crippen molar-refractivity contribution in [3.63, 3.8) is 0 Å². The molecule has 0 aliphatic heterocycles. The zero-order chi connectivity index (χ0) is 26.7. The minimum atomic E-state index is -3.75. The van der Waals surface area contributed by atoms with Crippen LogP contribution in [0, 0.1) is 13.8 Å². The van der Waals surface area contributed by atoms with Gasteiger partial charge in [-0.05, 0) is 60.9 Å². The molecule has 1 heterocycles. The van der Waals surface area contributed by atoms with Crippen LogP contribution in [0.3, 0.4) is 0 Å². The summed E-state index contributed by atoms with van der Waals surface area (Å²) in [5.74, 6) is -0.996. The Bertz CT molecular complexity index is 1640. The van der Waals surface area contributed by atoms with E-state index in [0.717, 1.165) is 26.9 Å². The normalized spacial score (nSPS) is 12.3. The first-order valence-corrected chi connectivity index (χ1v) is 13.7. The molecule has 0 radical (unpaired) electrons.